The zero-order valence-corrected chi connectivity index (χ0v) is 15.0. The number of nitrogens with one attached hydrogen (secondary N) is 1. The Bertz CT molecular complexity index is 718. The number of hydrogen-bond acceptors (Lipinski definition) is 6. The molecule has 0 bridgehead atoms. The molecule has 1 aromatic carbocycles. The van der Waals surface area contributed by atoms with Crippen LogP contribution in [-0.4, -0.2) is 56.4 Å². The van der Waals surface area contributed by atoms with Crippen LogP contribution in [0.4, 0.5) is 5.69 Å². The molecule has 0 radical (unpaired) electrons. The summed E-state index contributed by atoms with van der Waals surface area (Å²) < 4.78 is 22.2. The van der Waals surface area contributed by atoms with Crippen molar-refractivity contribution in [1.29, 1.82) is 0 Å². The van der Waals surface area contributed by atoms with Crippen molar-refractivity contribution < 1.29 is 23.7 Å². The number of fused-ring (bicyclic) bond motifs is 1. The summed E-state index contributed by atoms with van der Waals surface area (Å²) in [5, 5.41) is 3.51. The Morgan fingerprint density at radius 3 is 2.69 bits per heavy atom. The minimum absolute atomic E-state index is 0.0872. The highest BCUT2D eigenvalue weighted by atomic mass is 16.6. The van der Waals surface area contributed by atoms with Crippen LogP contribution in [0.25, 0.3) is 0 Å². The van der Waals surface area contributed by atoms with Crippen molar-refractivity contribution >= 4 is 11.6 Å². The van der Waals surface area contributed by atoms with Crippen molar-refractivity contribution in [2.75, 3.05) is 44.8 Å². The normalized spacial score (nSPS) is 22.3. The van der Waals surface area contributed by atoms with Crippen LogP contribution >= 0.6 is 0 Å². The summed E-state index contributed by atoms with van der Waals surface area (Å²) in [5.41, 5.74) is 0.973. The van der Waals surface area contributed by atoms with E-state index in [1.807, 2.05) is 23.1 Å². The van der Waals surface area contributed by atoms with Crippen molar-refractivity contribution in [3.8, 4) is 11.5 Å². The molecule has 0 aromatic heterocycles. The number of piperidine rings is 1. The molecule has 7 heteroatoms. The lowest BCUT2D eigenvalue weighted by atomic mass is 10.0. The molecular weight excluding hydrogens is 336 g/mol. The van der Waals surface area contributed by atoms with Gasteiger partial charge in [-0.1, -0.05) is 0 Å². The fourth-order valence-electron chi connectivity index (χ4n) is 3.51. The fourth-order valence-corrected chi connectivity index (χ4v) is 3.51. The smallest absolute Gasteiger partial charge is 0.292 e. The molecule has 1 aromatic rings. The van der Waals surface area contributed by atoms with Crippen LogP contribution < -0.4 is 14.8 Å². The van der Waals surface area contributed by atoms with Gasteiger partial charge in [-0.05, 0) is 31.9 Å². The van der Waals surface area contributed by atoms with Gasteiger partial charge in [0.15, 0.2) is 11.5 Å². The molecule has 0 spiro atoms. The standard InChI is InChI=1S/C19H24N2O5/c1-13-18(26-10-7-23-13)19(22)21-6-2-3-15(12-21)20-14-4-5-16-17(11-14)25-9-8-24-16/h4-5,11,15,20H,2-3,6-10,12H2,1H3. The number of hydrogen-bond donors (Lipinski definition) is 1. The molecule has 1 N–H and O–H groups in total. The maximum Gasteiger partial charge on any atom is 0.292 e. The average Bonchev–Trinajstić information content (AvgIpc) is 2.68. The Morgan fingerprint density at radius 2 is 1.85 bits per heavy atom. The maximum atomic E-state index is 12.8. The molecule has 0 saturated carbocycles. The number of amides is 1. The number of likely N-dealkylation sites (tertiary alicyclic amines) is 1. The molecule has 26 heavy (non-hydrogen) atoms. The molecule has 1 unspecified atom stereocenters. The monoisotopic (exact) mass is 360 g/mol. The first-order valence-corrected chi connectivity index (χ1v) is 9.12. The maximum absolute atomic E-state index is 12.8. The van der Waals surface area contributed by atoms with Crippen LogP contribution in [0, 0.1) is 0 Å². The van der Waals surface area contributed by atoms with E-state index in [-0.39, 0.29) is 11.9 Å². The first-order chi connectivity index (χ1) is 12.7. The van der Waals surface area contributed by atoms with Crippen LogP contribution in [0.1, 0.15) is 19.8 Å². The second kappa shape index (κ2) is 7.35. The summed E-state index contributed by atoms with van der Waals surface area (Å²) in [5.74, 6) is 2.37. The van der Waals surface area contributed by atoms with E-state index >= 15 is 0 Å². The molecule has 0 aliphatic carbocycles. The summed E-state index contributed by atoms with van der Waals surface area (Å²) in [4.78, 5) is 14.6. The Labute approximate surface area is 152 Å². The quantitative estimate of drug-likeness (QED) is 0.891. The zero-order valence-electron chi connectivity index (χ0n) is 15.0. The Balaban J connectivity index is 1.41. The zero-order chi connectivity index (χ0) is 17.9. The van der Waals surface area contributed by atoms with Crippen LogP contribution in [0.2, 0.25) is 0 Å². The summed E-state index contributed by atoms with van der Waals surface area (Å²) >= 11 is 0. The van der Waals surface area contributed by atoms with Crippen LogP contribution in [0.5, 0.6) is 11.5 Å². The molecular formula is C19H24N2O5. The Morgan fingerprint density at radius 1 is 1.08 bits per heavy atom. The van der Waals surface area contributed by atoms with Gasteiger partial charge in [0.1, 0.15) is 32.2 Å². The predicted molar refractivity (Wildman–Crippen MR) is 95.3 cm³/mol. The molecule has 3 aliphatic rings. The third-order valence-electron chi connectivity index (χ3n) is 4.78. The molecule has 4 rings (SSSR count). The van der Waals surface area contributed by atoms with Crippen molar-refractivity contribution in [3.05, 3.63) is 29.7 Å². The van der Waals surface area contributed by atoms with Gasteiger partial charge < -0.3 is 29.2 Å². The van der Waals surface area contributed by atoms with Gasteiger partial charge in [0.25, 0.3) is 5.91 Å². The largest absolute Gasteiger partial charge is 0.491 e. The third-order valence-corrected chi connectivity index (χ3v) is 4.78. The lowest BCUT2D eigenvalue weighted by molar-refractivity contribution is -0.133. The van der Waals surface area contributed by atoms with E-state index in [1.165, 1.54) is 0 Å². The van der Waals surface area contributed by atoms with E-state index in [0.717, 1.165) is 36.6 Å². The highest BCUT2D eigenvalue weighted by Crippen LogP contribution is 2.33. The summed E-state index contributed by atoms with van der Waals surface area (Å²) in [6, 6.07) is 6.05. The van der Waals surface area contributed by atoms with Crippen molar-refractivity contribution in [1.82, 2.24) is 4.90 Å². The topological polar surface area (TPSA) is 69.3 Å². The molecule has 1 amide bonds. The van der Waals surface area contributed by atoms with Gasteiger partial charge in [-0.2, -0.15) is 0 Å². The van der Waals surface area contributed by atoms with E-state index in [1.54, 1.807) is 6.92 Å². The number of rotatable bonds is 3. The summed E-state index contributed by atoms with van der Waals surface area (Å²) in [7, 11) is 0. The number of carbonyl (C=O) groups is 1. The van der Waals surface area contributed by atoms with Crippen molar-refractivity contribution in [3.63, 3.8) is 0 Å². The lowest BCUT2D eigenvalue weighted by Gasteiger charge is -2.35. The molecule has 1 saturated heterocycles. The van der Waals surface area contributed by atoms with Crippen molar-refractivity contribution in [2.45, 2.75) is 25.8 Å². The van der Waals surface area contributed by atoms with E-state index in [2.05, 4.69) is 5.32 Å². The van der Waals surface area contributed by atoms with E-state index < -0.39 is 0 Å². The Hall–Kier alpha value is -2.57. The first kappa shape index (κ1) is 16.9. The number of ether oxygens (including phenoxy) is 4. The van der Waals surface area contributed by atoms with Crippen LogP contribution in [0.3, 0.4) is 0 Å². The lowest BCUT2D eigenvalue weighted by Crippen LogP contribution is -2.46. The number of benzene rings is 1. The second-order valence-corrected chi connectivity index (χ2v) is 6.68. The summed E-state index contributed by atoms with van der Waals surface area (Å²) in [6.45, 7) is 5.22. The third kappa shape index (κ3) is 3.52. The molecule has 140 valence electrons. The van der Waals surface area contributed by atoms with E-state index in [4.69, 9.17) is 18.9 Å². The van der Waals surface area contributed by atoms with E-state index in [9.17, 15) is 4.79 Å². The number of anilines is 1. The molecule has 3 aliphatic heterocycles. The number of carbonyl (C=O) groups excluding carboxylic acids is 1. The molecule has 1 fully saturated rings. The van der Waals surface area contributed by atoms with Gasteiger partial charge in [0.05, 0.1) is 0 Å². The van der Waals surface area contributed by atoms with Crippen LogP contribution in [0.15, 0.2) is 29.7 Å². The van der Waals surface area contributed by atoms with Gasteiger partial charge in [0, 0.05) is 30.9 Å². The van der Waals surface area contributed by atoms with Crippen molar-refractivity contribution in [2.24, 2.45) is 0 Å². The van der Waals surface area contributed by atoms with Gasteiger partial charge in [0.2, 0.25) is 5.76 Å². The average molecular weight is 360 g/mol. The molecule has 7 nitrogen and oxygen atoms in total. The fraction of sp³-hybridized carbons (Fsp3) is 0.526. The first-order valence-electron chi connectivity index (χ1n) is 9.12. The van der Waals surface area contributed by atoms with Gasteiger partial charge in [-0.15, -0.1) is 0 Å². The molecule has 1 atom stereocenters. The highest BCUT2D eigenvalue weighted by Gasteiger charge is 2.29. The van der Waals surface area contributed by atoms with E-state index in [0.29, 0.717) is 44.5 Å². The molecule has 3 heterocycles. The second-order valence-electron chi connectivity index (χ2n) is 6.68. The highest BCUT2D eigenvalue weighted by molar-refractivity contribution is 5.92. The minimum atomic E-state index is -0.0872. The Kier molecular flexibility index (Phi) is 4.77. The van der Waals surface area contributed by atoms with Gasteiger partial charge in [-0.25, -0.2) is 0 Å². The van der Waals surface area contributed by atoms with Crippen LogP contribution in [-0.2, 0) is 14.3 Å². The van der Waals surface area contributed by atoms with Gasteiger partial charge >= 0.3 is 0 Å². The number of nitrogens with zero attached hydrogens (tertiary/aromatic N) is 1. The number of allylic oxidation sites excluding steroid dienone is 1. The SMILES string of the molecule is CC1=C(C(=O)N2CCCC(Nc3ccc4c(c3)OCCO4)C2)OCCO1. The van der Waals surface area contributed by atoms with Gasteiger partial charge in [-0.3, -0.25) is 4.79 Å². The predicted octanol–water partition coefficient (Wildman–Crippen LogP) is 2.14. The summed E-state index contributed by atoms with van der Waals surface area (Å²) in [6.07, 6.45) is 1.95. The minimum Gasteiger partial charge on any atom is -0.491 e.